The van der Waals surface area contributed by atoms with Crippen LogP contribution in [0.15, 0.2) is 78.9 Å². The van der Waals surface area contributed by atoms with Gasteiger partial charge in [-0.05, 0) is 31.2 Å². The van der Waals surface area contributed by atoms with Crippen LogP contribution < -0.4 is 0 Å². The molecule has 39 heavy (non-hydrogen) atoms. The number of imidazole rings is 1. The van der Waals surface area contributed by atoms with E-state index >= 15 is 0 Å². The zero-order chi connectivity index (χ0) is 27.0. The molecular weight excluding hydrogens is 488 g/mol. The molecule has 5 heteroatoms. The maximum atomic E-state index is 14.9. The molecule has 204 valence electrons. The molecule has 0 aliphatic heterocycles. The molecule has 0 amide bonds. The van der Waals surface area contributed by atoms with E-state index < -0.39 is 11.6 Å². The Morgan fingerprint density at radius 1 is 0.821 bits per heavy atom. The minimum atomic E-state index is -0.783. The second kappa shape index (κ2) is 13.2. The van der Waals surface area contributed by atoms with Crippen molar-refractivity contribution in [3.63, 3.8) is 0 Å². The van der Waals surface area contributed by atoms with Crippen molar-refractivity contribution in [3.8, 4) is 22.6 Å². The molecule has 5 rings (SSSR count). The van der Waals surface area contributed by atoms with Crippen molar-refractivity contribution in [2.45, 2.75) is 71.5 Å². The van der Waals surface area contributed by atoms with Gasteiger partial charge in [0, 0.05) is 42.9 Å². The van der Waals surface area contributed by atoms with Crippen LogP contribution in [-0.2, 0) is 19.6 Å². The van der Waals surface area contributed by atoms with E-state index in [-0.39, 0.29) is 0 Å². The average Bonchev–Trinajstić information content (AvgIpc) is 3.33. The Bertz CT molecular complexity index is 1330. The summed E-state index contributed by atoms with van der Waals surface area (Å²) in [7, 11) is 0. The maximum Gasteiger partial charge on any atom is 0.163 e. The van der Waals surface area contributed by atoms with Crippen LogP contribution in [0.3, 0.4) is 0 Å². The molecule has 0 unspecified atom stereocenters. The molecular formula is C34H39F2N3. The van der Waals surface area contributed by atoms with Crippen molar-refractivity contribution < 1.29 is 8.78 Å². The number of aromatic nitrogens is 2. The third-order valence-corrected chi connectivity index (χ3v) is 7.93. The summed E-state index contributed by atoms with van der Waals surface area (Å²) in [6.45, 7) is 4.93. The summed E-state index contributed by atoms with van der Waals surface area (Å²) in [4.78, 5) is 7.57. The van der Waals surface area contributed by atoms with Gasteiger partial charge in [-0.3, -0.25) is 4.90 Å². The summed E-state index contributed by atoms with van der Waals surface area (Å²) in [6, 6.07) is 25.2. The molecule has 1 aromatic heterocycles. The van der Waals surface area contributed by atoms with E-state index in [9.17, 15) is 8.78 Å². The molecule has 1 aliphatic rings. The number of unbranched alkanes of at least 4 members (excludes halogenated alkanes) is 1. The van der Waals surface area contributed by atoms with Gasteiger partial charge in [0.15, 0.2) is 11.6 Å². The fourth-order valence-electron chi connectivity index (χ4n) is 5.88. The van der Waals surface area contributed by atoms with Gasteiger partial charge in [0.2, 0.25) is 0 Å². The van der Waals surface area contributed by atoms with Crippen LogP contribution in [0.5, 0.6) is 0 Å². The summed E-state index contributed by atoms with van der Waals surface area (Å²) < 4.78 is 31.4. The van der Waals surface area contributed by atoms with E-state index in [1.165, 1.54) is 38.2 Å². The summed E-state index contributed by atoms with van der Waals surface area (Å²) in [5.74, 6) is 0.0111. The molecule has 1 heterocycles. The SMILES string of the molecule is CCCCn1c(-c2ccccc2)nc(-c2ccccc2)c1CN(Cc1cccc(F)c1F)CC1CCCCC1. The minimum Gasteiger partial charge on any atom is -0.326 e. The summed E-state index contributed by atoms with van der Waals surface area (Å²) in [5, 5.41) is 0. The highest BCUT2D eigenvalue weighted by Crippen LogP contribution is 2.33. The Labute approximate surface area is 231 Å². The van der Waals surface area contributed by atoms with Gasteiger partial charge in [-0.15, -0.1) is 0 Å². The summed E-state index contributed by atoms with van der Waals surface area (Å²) in [6.07, 6.45) is 8.28. The predicted octanol–water partition coefficient (Wildman–Crippen LogP) is 8.88. The number of hydrogen-bond donors (Lipinski definition) is 0. The van der Waals surface area contributed by atoms with Gasteiger partial charge in [-0.1, -0.05) is 105 Å². The number of hydrogen-bond acceptors (Lipinski definition) is 2. The van der Waals surface area contributed by atoms with Crippen LogP contribution in [0.4, 0.5) is 8.78 Å². The lowest BCUT2D eigenvalue weighted by Crippen LogP contribution is -2.31. The van der Waals surface area contributed by atoms with Crippen molar-refractivity contribution in [3.05, 3.63) is 102 Å². The Hall–Kier alpha value is -3.31. The fourth-order valence-corrected chi connectivity index (χ4v) is 5.88. The maximum absolute atomic E-state index is 14.9. The first-order valence-corrected chi connectivity index (χ1v) is 14.5. The molecule has 0 atom stereocenters. The highest BCUT2D eigenvalue weighted by Gasteiger charge is 2.25. The number of rotatable bonds is 11. The molecule has 1 fully saturated rings. The van der Waals surface area contributed by atoms with Gasteiger partial charge in [-0.2, -0.15) is 0 Å². The molecule has 3 aromatic carbocycles. The van der Waals surface area contributed by atoms with Crippen molar-refractivity contribution >= 4 is 0 Å². The second-order valence-electron chi connectivity index (χ2n) is 10.9. The number of halogens is 2. The van der Waals surface area contributed by atoms with E-state index in [1.807, 2.05) is 24.3 Å². The van der Waals surface area contributed by atoms with Gasteiger partial charge < -0.3 is 4.57 Å². The molecule has 0 radical (unpaired) electrons. The normalized spacial score (nSPS) is 14.3. The second-order valence-corrected chi connectivity index (χ2v) is 10.9. The van der Waals surface area contributed by atoms with Gasteiger partial charge in [0.25, 0.3) is 0 Å². The standard InChI is InChI=1S/C34H39F2N3/c1-2-3-22-39-31(33(27-16-9-5-10-17-27)37-34(39)28-18-11-6-12-19-28)25-38(23-26-14-7-4-8-15-26)24-29-20-13-21-30(35)32(29)36/h5-6,9-13,16-21,26H,2-4,7-8,14-15,22-25H2,1H3. The lowest BCUT2D eigenvalue weighted by molar-refractivity contribution is 0.181. The van der Waals surface area contributed by atoms with E-state index in [2.05, 4.69) is 52.8 Å². The molecule has 0 spiro atoms. The van der Waals surface area contributed by atoms with E-state index in [0.29, 0.717) is 24.6 Å². The molecule has 0 saturated heterocycles. The Kier molecular flexibility index (Phi) is 9.20. The van der Waals surface area contributed by atoms with Crippen molar-refractivity contribution in [2.24, 2.45) is 5.92 Å². The monoisotopic (exact) mass is 527 g/mol. The van der Waals surface area contributed by atoms with Crippen LogP contribution in [0.2, 0.25) is 0 Å². The first kappa shape index (κ1) is 27.3. The van der Waals surface area contributed by atoms with Gasteiger partial charge in [0.05, 0.1) is 11.4 Å². The zero-order valence-electron chi connectivity index (χ0n) is 23.0. The van der Waals surface area contributed by atoms with E-state index in [0.717, 1.165) is 54.3 Å². The predicted molar refractivity (Wildman–Crippen MR) is 155 cm³/mol. The summed E-state index contributed by atoms with van der Waals surface area (Å²) >= 11 is 0. The van der Waals surface area contributed by atoms with Crippen LogP contribution in [-0.4, -0.2) is 21.0 Å². The Morgan fingerprint density at radius 2 is 1.51 bits per heavy atom. The first-order valence-electron chi connectivity index (χ1n) is 14.5. The first-order chi connectivity index (χ1) is 19.1. The topological polar surface area (TPSA) is 21.1 Å². The average molecular weight is 528 g/mol. The molecule has 3 nitrogen and oxygen atoms in total. The van der Waals surface area contributed by atoms with Crippen molar-refractivity contribution in [1.29, 1.82) is 0 Å². The smallest absolute Gasteiger partial charge is 0.163 e. The van der Waals surface area contributed by atoms with Gasteiger partial charge >= 0.3 is 0 Å². The molecule has 1 saturated carbocycles. The molecule has 0 bridgehead atoms. The number of benzene rings is 3. The highest BCUT2D eigenvalue weighted by molar-refractivity contribution is 5.68. The third-order valence-electron chi connectivity index (χ3n) is 7.93. The molecule has 1 aliphatic carbocycles. The number of nitrogens with zero attached hydrogens (tertiary/aromatic N) is 3. The van der Waals surface area contributed by atoms with Crippen LogP contribution >= 0.6 is 0 Å². The van der Waals surface area contributed by atoms with Crippen LogP contribution in [0.1, 0.15) is 63.1 Å². The highest BCUT2D eigenvalue weighted by atomic mass is 19.2. The van der Waals surface area contributed by atoms with Crippen LogP contribution in [0.25, 0.3) is 22.6 Å². The zero-order valence-corrected chi connectivity index (χ0v) is 23.0. The summed E-state index contributed by atoms with van der Waals surface area (Å²) in [5.41, 5.74) is 4.69. The van der Waals surface area contributed by atoms with Gasteiger partial charge in [0.1, 0.15) is 5.82 Å². The van der Waals surface area contributed by atoms with Crippen LogP contribution in [0, 0.1) is 17.6 Å². The Morgan fingerprint density at radius 3 is 2.21 bits per heavy atom. The van der Waals surface area contributed by atoms with E-state index in [4.69, 9.17) is 4.98 Å². The third kappa shape index (κ3) is 6.65. The lowest BCUT2D eigenvalue weighted by atomic mass is 9.89. The molecule has 4 aromatic rings. The van der Waals surface area contributed by atoms with E-state index in [1.54, 1.807) is 12.1 Å². The van der Waals surface area contributed by atoms with Crippen molar-refractivity contribution in [2.75, 3.05) is 6.54 Å². The van der Waals surface area contributed by atoms with Gasteiger partial charge in [-0.25, -0.2) is 13.8 Å². The lowest BCUT2D eigenvalue weighted by Gasteiger charge is -2.30. The van der Waals surface area contributed by atoms with Crippen molar-refractivity contribution in [1.82, 2.24) is 14.5 Å². The molecule has 0 N–H and O–H groups in total. The quantitative estimate of drug-likeness (QED) is 0.194. The minimum absolute atomic E-state index is 0.369. The fraction of sp³-hybridized carbons (Fsp3) is 0.382. The largest absolute Gasteiger partial charge is 0.326 e. The Balaban J connectivity index is 1.59.